The molecule has 0 saturated heterocycles. The second kappa shape index (κ2) is 11.5. The van der Waals surface area contributed by atoms with Crippen molar-refractivity contribution in [2.75, 3.05) is 0 Å². The van der Waals surface area contributed by atoms with E-state index in [2.05, 4.69) is 163 Å². The van der Waals surface area contributed by atoms with Crippen LogP contribution in [0.4, 0.5) is 0 Å². The van der Waals surface area contributed by atoms with Gasteiger partial charge in [0.2, 0.25) is 0 Å². The third-order valence-corrected chi connectivity index (χ3v) is 9.92. The summed E-state index contributed by atoms with van der Waals surface area (Å²) in [6, 6.07) is 60.2. The smallest absolute Gasteiger partial charge is 0.160 e. The fraction of sp³-hybridized carbons (Fsp3) is 0. The number of pyridine rings is 3. The van der Waals surface area contributed by atoms with E-state index in [4.69, 9.17) is 9.97 Å². The van der Waals surface area contributed by atoms with E-state index in [0.29, 0.717) is 0 Å². The van der Waals surface area contributed by atoms with E-state index >= 15 is 0 Å². The minimum absolute atomic E-state index is 0.750. The van der Waals surface area contributed by atoms with Gasteiger partial charge in [0.05, 0.1) is 16.9 Å². The first kappa shape index (κ1) is 28.3. The number of hydrogen-bond donors (Lipinski definition) is 0. The van der Waals surface area contributed by atoms with E-state index in [9.17, 15) is 0 Å². The van der Waals surface area contributed by atoms with Crippen LogP contribution in [0.3, 0.4) is 0 Å². The molecule has 50 heavy (non-hydrogen) atoms. The van der Waals surface area contributed by atoms with Gasteiger partial charge in [-0.2, -0.15) is 0 Å². The molecule has 3 heteroatoms. The Morgan fingerprint density at radius 3 is 1.56 bits per heavy atom. The van der Waals surface area contributed by atoms with E-state index in [1.54, 1.807) is 6.20 Å². The Labute approximate surface area is 289 Å². The first-order chi connectivity index (χ1) is 24.8. The molecule has 0 radical (unpaired) electrons. The highest BCUT2D eigenvalue weighted by Crippen LogP contribution is 2.41. The summed E-state index contributed by atoms with van der Waals surface area (Å²) in [5.41, 5.74) is 10.4. The zero-order valence-corrected chi connectivity index (χ0v) is 27.1. The molecule has 232 valence electrons. The van der Waals surface area contributed by atoms with Crippen molar-refractivity contribution in [3.05, 3.63) is 176 Å². The fourth-order valence-corrected chi connectivity index (χ4v) is 7.53. The Kier molecular flexibility index (Phi) is 6.49. The maximum atomic E-state index is 5.44. The Hall–Kier alpha value is -6.71. The quantitative estimate of drug-likeness (QED) is 0.181. The van der Waals surface area contributed by atoms with Crippen molar-refractivity contribution in [3.8, 4) is 44.8 Å². The predicted molar refractivity (Wildman–Crippen MR) is 209 cm³/mol. The zero-order chi connectivity index (χ0) is 33.0. The third-order valence-electron chi connectivity index (χ3n) is 9.92. The van der Waals surface area contributed by atoms with E-state index in [1.807, 2.05) is 12.1 Å². The topological polar surface area (TPSA) is 38.7 Å². The summed E-state index contributed by atoms with van der Waals surface area (Å²) in [4.78, 5) is 15.0. The first-order valence-corrected chi connectivity index (χ1v) is 16.9. The summed E-state index contributed by atoms with van der Waals surface area (Å²) < 4.78 is 0. The molecule has 3 heterocycles. The molecule has 0 atom stereocenters. The maximum Gasteiger partial charge on any atom is 0.160 e. The Morgan fingerprint density at radius 1 is 0.340 bits per heavy atom. The molecule has 0 saturated carbocycles. The normalized spacial score (nSPS) is 11.6. The van der Waals surface area contributed by atoms with Crippen LogP contribution in [-0.2, 0) is 0 Å². The summed E-state index contributed by atoms with van der Waals surface area (Å²) in [6.07, 6.45) is 1.81. The SMILES string of the molecule is c1ccc(-c2cc(-c3ccc(-c4ccc(-c5nc6c7ccccc7c7ccccc7c6c6ccccc56)cc4)cc3)nc3ncccc23)cc1. The minimum Gasteiger partial charge on any atom is -0.246 e. The molecule has 0 fully saturated rings. The molecule has 10 aromatic rings. The standard InChI is InChI=1S/C47H29N3/c1-2-11-32(12-3-1)42-29-43(49-47-41(42)19-10-28-48-47)33-24-20-30(21-25-33)31-22-26-34(27-23-31)45-40-18-9-7-16-38(40)44-37-15-6-4-13-35(37)36-14-5-8-17-39(36)46(44)50-45/h1-29H. The van der Waals surface area contributed by atoms with Gasteiger partial charge in [0.15, 0.2) is 5.65 Å². The van der Waals surface area contributed by atoms with E-state index in [0.717, 1.165) is 66.7 Å². The van der Waals surface area contributed by atoms with Gasteiger partial charge in [-0.3, -0.25) is 0 Å². The molecule has 10 rings (SSSR count). The molecule has 0 aliphatic heterocycles. The van der Waals surface area contributed by atoms with Crippen LogP contribution in [0.1, 0.15) is 0 Å². The number of rotatable bonds is 4. The molecule has 0 unspecified atom stereocenters. The predicted octanol–water partition coefficient (Wildman–Crippen LogP) is 12.3. The van der Waals surface area contributed by atoms with Gasteiger partial charge < -0.3 is 0 Å². The Bertz CT molecular complexity index is 2890. The molecule has 0 bridgehead atoms. The Balaban J connectivity index is 1.05. The summed E-state index contributed by atoms with van der Waals surface area (Å²) in [6.45, 7) is 0. The van der Waals surface area contributed by atoms with Crippen molar-refractivity contribution in [1.82, 2.24) is 15.0 Å². The largest absolute Gasteiger partial charge is 0.246 e. The average molecular weight is 636 g/mol. The lowest BCUT2D eigenvalue weighted by molar-refractivity contribution is 1.29. The highest BCUT2D eigenvalue weighted by Gasteiger charge is 2.16. The number of nitrogens with zero attached hydrogens (tertiary/aromatic N) is 3. The Morgan fingerprint density at radius 2 is 0.860 bits per heavy atom. The minimum atomic E-state index is 0.750. The molecule has 0 N–H and O–H groups in total. The molecule has 0 aliphatic rings. The maximum absolute atomic E-state index is 5.44. The average Bonchev–Trinajstić information content (AvgIpc) is 3.20. The first-order valence-electron chi connectivity index (χ1n) is 16.9. The van der Waals surface area contributed by atoms with Gasteiger partial charge in [-0.25, -0.2) is 15.0 Å². The van der Waals surface area contributed by atoms with Crippen molar-refractivity contribution >= 4 is 54.3 Å². The van der Waals surface area contributed by atoms with Crippen LogP contribution >= 0.6 is 0 Å². The monoisotopic (exact) mass is 635 g/mol. The van der Waals surface area contributed by atoms with Crippen molar-refractivity contribution < 1.29 is 0 Å². The van der Waals surface area contributed by atoms with E-state index < -0.39 is 0 Å². The molecule has 0 aliphatic carbocycles. The number of benzene rings is 7. The number of hydrogen-bond acceptors (Lipinski definition) is 3. The van der Waals surface area contributed by atoms with E-state index in [1.165, 1.54) is 32.3 Å². The summed E-state index contributed by atoms with van der Waals surface area (Å²) >= 11 is 0. The molecule has 3 nitrogen and oxygen atoms in total. The van der Waals surface area contributed by atoms with Crippen LogP contribution < -0.4 is 0 Å². The van der Waals surface area contributed by atoms with Gasteiger partial charge in [0.1, 0.15) is 0 Å². The number of fused-ring (bicyclic) bond motifs is 9. The van der Waals surface area contributed by atoms with Gasteiger partial charge in [-0.05, 0) is 62.0 Å². The molecule has 0 amide bonds. The van der Waals surface area contributed by atoms with Gasteiger partial charge in [-0.1, -0.05) is 152 Å². The van der Waals surface area contributed by atoms with E-state index in [-0.39, 0.29) is 0 Å². The summed E-state index contributed by atoms with van der Waals surface area (Å²) in [7, 11) is 0. The summed E-state index contributed by atoms with van der Waals surface area (Å²) in [5.74, 6) is 0. The van der Waals surface area contributed by atoms with Gasteiger partial charge >= 0.3 is 0 Å². The highest BCUT2D eigenvalue weighted by molar-refractivity contribution is 6.31. The molecular weight excluding hydrogens is 607 g/mol. The van der Waals surface area contributed by atoms with Crippen LogP contribution in [-0.4, -0.2) is 15.0 Å². The van der Waals surface area contributed by atoms with Gasteiger partial charge in [0, 0.05) is 38.9 Å². The fourth-order valence-electron chi connectivity index (χ4n) is 7.53. The van der Waals surface area contributed by atoms with Crippen LogP contribution in [0.25, 0.3) is 99.0 Å². The molecule has 7 aromatic carbocycles. The van der Waals surface area contributed by atoms with Gasteiger partial charge in [-0.15, -0.1) is 0 Å². The lowest BCUT2D eigenvalue weighted by Gasteiger charge is -2.15. The highest BCUT2D eigenvalue weighted by atomic mass is 14.8. The second-order valence-corrected chi connectivity index (χ2v) is 12.8. The van der Waals surface area contributed by atoms with Crippen LogP contribution in [0.15, 0.2) is 176 Å². The van der Waals surface area contributed by atoms with Crippen LogP contribution in [0.2, 0.25) is 0 Å². The second-order valence-electron chi connectivity index (χ2n) is 12.8. The van der Waals surface area contributed by atoms with Crippen molar-refractivity contribution in [1.29, 1.82) is 0 Å². The third kappa shape index (κ3) is 4.56. The zero-order valence-electron chi connectivity index (χ0n) is 27.1. The molecular formula is C47H29N3. The van der Waals surface area contributed by atoms with Crippen molar-refractivity contribution in [2.24, 2.45) is 0 Å². The molecule has 3 aromatic heterocycles. The molecule has 0 spiro atoms. The lowest BCUT2D eigenvalue weighted by atomic mass is 9.92. The number of aromatic nitrogens is 3. The van der Waals surface area contributed by atoms with Crippen molar-refractivity contribution in [2.45, 2.75) is 0 Å². The van der Waals surface area contributed by atoms with Crippen LogP contribution in [0, 0.1) is 0 Å². The van der Waals surface area contributed by atoms with Crippen molar-refractivity contribution in [3.63, 3.8) is 0 Å². The van der Waals surface area contributed by atoms with Crippen LogP contribution in [0.5, 0.6) is 0 Å². The van der Waals surface area contributed by atoms with Gasteiger partial charge in [0.25, 0.3) is 0 Å². The summed E-state index contributed by atoms with van der Waals surface area (Å²) in [5, 5.41) is 9.55. The lowest BCUT2D eigenvalue weighted by Crippen LogP contribution is -1.93.